The van der Waals surface area contributed by atoms with Gasteiger partial charge in [-0.1, -0.05) is 42.5 Å². The molecule has 0 amide bonds. The van der Waals surface area contributed by atoms with Gasteiger partial charge in [0.25, 0.3) is 0 Å². The third-order valence-corrected chi connectivity index (χ3v) is 6.04. The van der Waals surface area contributed by atoms with Crippen molar-refractivity contribution in [2.45, 2.75) is 31.6 Å². The van der Waals surface area contributed by atoms with Crippen LogP contribution in [0, 0.1) is 5.82 Å². The minimum Gasteiger partial charge on any atom is -0.357 e. The maximum atomic E-state index is 13.6. The van der Waals surface area contributed by atoms with Crippen molar-refractivity contribution in [1.29, 1.82) is 0 Å². The molecule has 0 radical (unpaired) electrons. The van der Waals surface area contributed by atoms with Gasteiger partial charge >= 0.3 is 6.18 Å². The molecule has 5 nitrogen and oxygen atoms in total. The number of tetrazole rings is 1. The van der Waals surface area contributed by atoms with Crippen LogP contribution in [-0.4, -0.2) is 26.8 Å². The molecule has 0 saturated carbocycles. The van der Waals surface area contributed by atoms with Gasteiger partial charge in [-0.25, -0.2) is 9.07 Å². The molecule has 34 heavy (non-hydrogen) atoms. The Hall–Kier alpha value is -3.75. The molecule has 4 aromatic rings. The van der Waals surface area contributed by atoms with E-state index in [1.807, 2.05) is 24.3 Å². The average Bonchev–Trinajstić information content (AvgIpc) is 3.28. The highest BCUT2D eigenvalue weighted by molar-refractivity contribution is 5.58. The second-order valence-corrected chi connectivity index (χ2v) is 8.27. The number of fused-ring (bicyclic) bond motifs is 1. The fraction of sp³-hybridized carbons (Fsp3) is 0.240. The quantitative estimate of drug-likeness (QED) is 0.368. The number of anilines is 1. The zero-order valence-corrected chi connectivity index (χ0v) is 18.1. The number of aromatic nitrogens is 4. The lowest BCUT2D eigenvalue weighted by Gasteiger charge is -2.37. The maximum Gasteiger partial charge on any atom is 0.416 e. The van der Waals surface area contributed by atoms with Gasteiger partial charge in [0, 0.05) is 12.2 Å². The Morgan fingerprint density at radius 3 is 2.53 bits per heavy atom. The van der Waals surface area contributed by atoms with Crippen LogP contribution in [0.15, 0.2) is 72.8 Å². The van der Waals surface area contributed by atoms with Crippen LogP contribution in [0.4, 0.5) is 23.2 Å². The van der Waals surface area contributed by atoms with Crippen molar-refractivity contribution in [3.8, 4) is 0 Å². The Bertz CT molecular complexity index is 1280. The highest BCUT2D eigenvalue weighted by Crippen LogP contribution is 2.39. The standard InChI is InChI=1S/C25H21F4N5/c26-21-12-10-17(11-13-21)16-34-24(30-31-32-34)23(19-6-3-8-20(15-19)25(27,28)29)33-14-4-7-18-5-1-2-9-22(18)33/h1-3,5-6,8-13,15,23H,4,7,14,16H2. The van der Waals surface area contributed by atoms with Crippen LogP contribution < -0.4 is 4.90 Å². The molecule has 3 aromatic carbocycles. The molecule has 2 heterocycles. The summed E-state index contributed by atoms with van der Waals surface area (Å²) in [6, 6.07) is 18.5. The molecule has 1 unspecified atom stereocenters. The largest absolute Gasteiger partial charge is 0.416 e. The molecule has 0 N–H and O–H groups in total. The molecule has 1 atom stereocenters. The summed E-state index contributed by atoms with van der Waals surface area (Å²) >= 11 is 0. The van der Waals surface area contributed by atoms with E-state index in [4.69, 9.17) is 0 Å². The van der Waals surface area contributed by atoms with E-state index >= 15 is 0 Å². The summed E-state index contributed by atoms with van der Waals surface area (Å²) in [6.45, 7) is 0.898. The Balaban J connectivity index is 1.62. The summed E-state index contributed by atoms with van der Waals surface area (Å²) in [6.07, 6.45) is -2.73. The predicted octanol–water partition coefficient (Wildman–Crippen LogP) is 5.42. The van der Waals surface area contributed by atoms with Crippen LogP contribution in [0.25, 0.3) is 0 Å². The second-order valence-electron chi connectivity index (χ2n) is 8.27. The van der Waals surface area contributed by atoms with E-state index in [0.717, 1.165) is 35.7 Å². The molecule has 0 aliphatic carbocycles. The van der Waals surface area contributed by atoms with Crippen molar-refractivity contribution in [2.24, 2.45) is 0 Å². The zero-order chi connectivity index (χ0) is 23.7. The number of hydrogen-bond donors (Lipinski definition) is 0. The van der Waals surface area contributed by atoms with Crippen LogP contribution in [0.2, 0.25) is 0 Å². The van der Waals surface area contributed by atoms with Crippen molar-refractivity contribution in [2.75, 3.05) is 11.4 Å². The molecule has 1 aliphatic rings. The molecule has 1 aromatic heterocycles. The van der Waals surface area contributed by atoms with Gasteiger partial charge in [0.05, 0.1) is 12.1 Å². The number of rotatable bonds is 5. The van der Waals surface area contributed by atoms with Crippen LogP contribution in [0.5, 0.6) is 0 Å². The molecular weight excluding hydrogens is 446 g/mol. The number of para-hydroxylation sites is 1. The van der Waals surface area contributed by atoms with Gasteiger partial charge in [-0.3, -0.25) is 0 Å². The number of benzene rings is 3. The first-order valence-electron chi connectivity index (χ1n) is 10.9. The number of nitrogens with zero attached hydrogens (tertiary/aromatic N) is 5. The monoisotopic (exact) mass is 467 g/mol. The minimum absolute atomic E-state index is 0.258. The summed E-state index contributed by atoms with van der Waals surface area (Å²) in [5.41, 5.74) is 2.58. The number of halogens is 4. The summed E-state index contributed by atoms with van der Waals surface area (Å²) in [5, 5.41) is 12.2. The van der Waals surface area contributed by atoms with E-state index in [-0.39, 0.29) is 12.4 Å². The van der Waals surface area contributed by atoms with E-state index < -0.39 is 17.8 Å². The summed E-state index contributed by atoms with van der Waals surface area (Å²) in [7, 11) is 0. The number of hydrogen-bond acceptors (Lipinski definition) is 4. The van der Waals surface area contributed by atoms with Gasteiger partial charge in [0.1, 0.15) is 11.9 Å². The third kappa shape index (κ3) is 4.37. The van der Waals surface area contributed by atoms with Gasteiger partial charge in [0.2, 0.25) is 0 Å². The van der Waals surface area contributed by atoms with E-state index in [0.29, 0.717) is 17.9 Å². The van der Waals surface area contributed by atoms with Crippen molar-refractivity contribution in [1.82, 2.24) is 20.2 Å². The Labute approximate surface area is 193 Å². The SMILES string of the molecule is Fc1ccc(Cn2nnnc2C(c2cccc(C(F)(F)F)c2)N2CCCc3ccccc32)cc1. The highest BCUT2D eigenvalue weighted by atomic mass is 19.4. The topological polar surface area (TPSA) is 46.8 Å². The zero-order valence-electron chi connectivity index (χ0n) is 18.1. The predicted molar refractivity (Wildman–Crippen MR) is 119 cm³/mol. The molecule has 5 rings (SSSR count). The highest BCUT2D eigenvalue weighted by Gasteiger charge is 2.35. The molecule has 0 bridgehead atoms. The van der Waals surface area contributed by atoms with Gasteiger partial charge in [-0.05, 0) is 70.3 Å². The first kappa shape index (κ1) is 22.1. The van der Waals surface area contributed by atoms with Crippen molar-refractivity contribution < 1.29 is 17.6 Å². The average molecular weight is 467 g/mol. The normalized spacial score (nSPS) is 14.6. The Morgan fingerprint density at radius 2 is 1.74 bits per heavy atom. The van der Waals surface area contributed by atoms with Crippen LogP contribution in [0.3, 0.4) is 0 Å². The molecule has 0 fully saturated rings. The summed E-state index contributed by atoms with van der Waals surface area (Å²) < 4.78 is 55.6. The maximum absolute atomic E-state index is 13.6. The van der Waals surface area contributed by atoms with E-state index in [2.05, 4.69) is 20.4 Å². The van der Waals surface area contributed by atoms with Crippen LogP contribution in [-0.2, 0) is 19.1 Å². The minimum atomic E-state index is -4.47. The lowest BCUT2D eigenvalue weighted by molar-refractivity contribution is -0.137. The number of aryl methyl sites for hydroxylation is 1. The van der Waals surface area contributed by atoms with Crippen molar-refractivity contribution in [3.63, 3.8) is 0 Å². The lowest BCUT2D eigenvalue weighted by atomic mass is 9.95. The Morgan fingerprint density at radius 1 is 0.941 bits per heavy atom. The van der Waals surface area contributed by atoms with Gasteiger partial charge < -0.3 is 4.90 Å². The summed E-state index contributed by atoms with van der Waals surface area (Å²) in [4.78, 5) is 2.07. The van der Waals surface area contributed by atoms with Crippen molar-refractivity contribution in [3.05, 3.63) is 107 Å². The molecule has 174 valence electrons. The molecule has 0 spiro atoms. The number of alkyl halides is 3. The third-order valence-electron chi connectivity index (χ3n) is 6.04. The molecule has 0 saturated heterocycles. The first-order chi connectivity index (χ1) is 16.4. The van der Waals surface area contributed by atoms with Crippen LogP contribution >= 0.6 is 0 Å². The van der Waals surface area contributed by atoms with Gasteiger partial charge in [-0.15, -0.1) is 5.10 Å². The molecular formula is C25H21F4N5. The van der Waals surface area contributed by atoms with E-state index in [1.54, 1.807) is 22.9 Å². The molecule has 9 heteroatoms. The van der Waals surface area contributed by atoms with Crippen molar-refractivity contribution >= 4 is 5.69 Å². The van der Waals surface area contributed by atoms with E-state index in [9.17, 15) is 17.6 Å². The fourth-order valence-corrected chi connectivity index (χ4v) is 4.47. The fourth-order valence-electron chi connectivity index (χ4n) is 4.47. The summed E-state index contributed by atoms with van der Waals surface area (Å²) in [5.74, 6) is 0.0628. The molecule has 1 aliphatic heterocycles. The second kappa shape index (κ2) is 8.89. The van der Waals surface area contributed by atoms with Crippen LogP contribution in [0.1, 0.15) is 40.5 Å². The first-order valence-corrected chi connectivity index (χ1v) is 10.9. The lowest BCUT2D eigenvalue weighted by Crippen LogP contribution is -2.36. The van der Waals surface area contributed by atoms with E-state index in [1.165, 1.54) is 24.3 Å². The Kier molecular flexibility index (Phi) is 5.77. The smallest absolute Gasteiger partial charge is 0.357 e. The van der Waals surface area contributed by atoms with Gasteiger partial charge in [0.15, 0.2) is 5.82 Å². The van der Waals surface area contributed by atoms with Gasteiger partial charge in [-0.2, -0.15) is 13.2 Å².